The number of carboxylic acids is 1. The molecule has 1 aliphatic carbocycles. The molecule has 1 aromatic carbocycles. The second-order valence-electron chi connectivity index (χ2n) is 7.83. The van der Waals surface area contributed by atoms with Gasteiger partial charge in [0.15, 0.2) is 5.78 Å². The summed E-state index contributed by atoms with van der Waals surface area (Å²) < 4.78 is 0. The van der Waals surface area contributed by atoms with Gasteiger partial charge in [0, 0.05) is 17.9 Å². The summed E-state index contributed by atoms with van der Waals surface area (Å²) in [5.41, 5.74) is 7.82. The van der Waals surface area contributed by atoms with Crippen LogP contribution in [0.5, 0.6) is 0 Å². The number of unbranched alkanes of at least 4 members (excludes halogenated alkanes) is 2. The number of nitrogens with two attached hydrogens (primary N) is 1. The summed E-state index contributed by atoms with van der Waals surface area (Å²) in [5, 5.41) is 8.66. The first-order chi connectivity index (χ1) is 12.5. The molecule has 1 aliphatic rings. The molecule has 0 spiro atoms. The van der Waals surface area contributed by atoms with Crippen molar-refractivity contribution in [2.45, 2.75) is 70.6 Å². The maximum atomic E-state index is 12.7. The highest BCUT2D eigenvalue weighted by Crippen LogP contribution is 2.31. The summed E-state index contributed by atoms with van der Waals surface area (Å²) in [7, 11) is 0. The van der Waals surface area contributed by atoms with Gasteiger partial charge in [-0.25, -0.2) is 0 Å². The standard InChI is InChI=1S/C22H33NO3/c1-16(5-3-2-4-6-21(24)25)18-11-13-20(14-12-18)22(26)19-9-7-17(15-23)8-10-19/h11-14,16-17,19H,2-10,15,23H2,1H3,(H,24,25). The summed E-state index contributed by atoms with van der Waals surface area (Å²) in [6, 6.07) is 8.13. The van der Waals surface area contributed by atoms with E-state index in [0.717, 1.165) is 63.5 Å². The van der Waals surface area contributed by atoms with Gasteiger partial charge in [-0.05, 0) is 62.5 Å². The fourth-order valence-corrected chi connectivity index (χ4v) is 3.94. The number of hydrogen-bond donors (Lipinski definition) is 2. The topological polar surface area (TPSA) is 80.4 Å². The average Bonchev–Trinajstić information content (AvgIpc) is 2.67. The third kappa shape index (κ3) is 6.24. The first-order valence-corrected chi connectivity index (χ1v) is 10.1. The van der Waals surface area contributed by atoms with Gasteiger partial charge in [0.1, 0.15) is 0 Å². The molecule has 0 aliphatic heterocycles. The van der Waals surface area contributed by atoms with Crippen LogP contribution in [0.25, 0.3) is 0 Å². The summed E-state index contributed by atoms with van der Waals surface area (Å²) in [5.74, 6) is 0.764. The molecule has 0 saturated heterocycles. The van der Waals surface area contributed by atoms with Crippen molar-refractivity contribution in [3.8, 4) is 0 Å². The molecule has 2 rings (SSSR count). The van der Waals surface area contributed by atoms with Crippen molar-refractivity contribution in [1.29, 1.82) is 0 Å². The molecule has 1 atom stereocenters. The van der Waals surface area contributed by atoms with E-state index in [0.29, 0.717) is 11.8 Å². The maximum Gasteiger partial charge on any atom is 0.303 e. The highest BCUT2D eigenvalue weighted by Gasteiger charge is 2.26. The van der Waals surface area contributed by atoms with Gasteiger partial charge in [0.25, 0.3) is 0 Å². The average molecular weight is 360 g/mol. The molecule has 144 valence electrons. The molecular weight excluding hydrogens is 326 g/mol. The molecule has 0 heterocycles. The number of carbonyl (C=O) groups excluding carboxylic acids is 1. The summed E-state index contributed by atoms with van der Waals surface area (Å²) >= 11 is 0. The number of rotatable bonds is 10. The molecule has 1 saturated carbocycles. The summed E-state index contributed by atoms with van der Waals surface area (Å²) in [6.45, 7) is 2.94. The Kier molecular flexibility index (Phi) is 8.30. The van der Waals surface area contributed by atoms with E-state index < -0.39 is 5.97 Å². The Balaban J connectivity index is 1.79. The Morgan fingerprint density at radius 1 is 1.08 bits per heavy atom. The van der Waals surface area contributed by atoms with Crippen molar-refractivity contribution < 1.29 is 14.7 Å². The minimum atomic E-state index is -0.713. The van der Waals surface area contributed by atoms with Crippen LogP contribution in [-0.2, 0) is 4.79 Å². The van der Waals surface area contributed by atoms with Crippen molar-refractivity contribution in [1.82, 2.24) is 0 Å². The lowest BCUT2D eigenvalue weighted by Crippen LogP contribution is -2.25. The second-order valence-corrected chi connectivity index (χ2v) is 7.83. The quantitative estimate of drug-likeness (QED) is 0.466. The molecule has 1 aromatic rings. The predicted molar refractivity (Wildman–Crippen MR) is 104 cm³/mol. The Morgan fingerprint density at radius 2 is 1.73 bits per heavy atom. The molecule has 1 fully saturated rings. The van der Waals surface area contributed by atoms with E-state index in [2.05, 4.69) is 19.1 Å². The molecule has 0 amide bonds. The van der Waals surface area contributed by atoms with Gasteiger partial charge in [-0.2, -0.15) is 0 Å². The van der Waals surface area contributed by atoms with Crippen LogP contribution < -0.4 is 5.73 Å². The van der Waals surface area contributed by atoms with Crippen LogP contribution in [0.1, 0.15) is 86.6 Å². The molecule has 4 heteroatoms. The molecular formula is C22H33NO3. The van der Waals surface area contributed by atoms with E-state index >= 15 is 0 Å². The van der Waals surface area contributed by atoms with Gasteiger partial charge in [-0.15, -0.1) is 0 Å². The maximum absolute atomic E-state index is 12.7. The Labute approximate surface area is 157 Å². The lowest BCUT2D eigenvalue weighted by Gasteiger charge is -2.26. The first-order valence-electron chi connectivity index (χ1n) is 10.1. The lowest BCUT2D eigenvalue weighted by atomic mass is 9.78. The minimum Gasteiger partial charge on any atom is -0.481 e. The van der Waals surface area contributed by atoms with Crippen molar-refractivity contribution >= 4 is 11.8 Å². The summed E-state index contributed by atoms with van der Waals surface area (Å²) in [4.78, 5) is 23.2. The first kappa shape index (κ1) is 20.6. The van der Waals surface area contributed by atoms with Crippen LogP contribution >= 0.6 is 0 Å². The third-order valence-corrected chi connectivity index (χ3v) is 5.84. The zero-order chi connectivity index (χ0) is 18.9. The molecule has 0 aromatic heterocycles. The van der Waals surface area contributed by atoms with Crippen LogP contribution in [0.4, 0.5) is 0 Å². The highest BCUT2D eigenvalue weighted by atomic mass is 16.4. The van der Waals surface area contributed by atoms with Crippen molar-refractivity contribution in [3.05, 3.63) is 35.4 Å². The fraction of sp³-hybridized carbons (Fsp3) is 0.636. The molecule has 26 heavy (non-hydrogen) atoms. The SMILES string of the molecule is CC(CCCCCC(=O)O)c1ccc(C(=O)C2CCC(CN)CC2)cc1. The molecule has 3 N–H and O–H groups in total. The number of Topliss-reactive ketones (excluding diaryl/α,β-unsaturated/α-hetero) is 1. The van der Waals surface area contributed by atoms with Gasteiger partial charge in [0.05, 0.1) is 0 Å². The molecule has 0 radical (unpaired) electrons. The van der Waals surface area contributed by atoms with E-state index in [9.17, 15) is 9.59 Å². The third-order valence-electron chi connectivity index (χ3n) is 5.84. The zero-order valence-corrected chi connectivity index (χ0v) is 16.0. The van der Waals surface area contributed by atoms with E-state index in [1.807, 2.05) is 12.1 Å². The summed E-state index contributed by atoms with van der Waals surface area (Å²) in [6.07, 6.45) is 8.15. The Bertz CT molecular complexity index is 574. The van der Waals surface area contributed by atoms with Gasteiger partial charge in [-0.3, -0.25) is 9.59 Å². The molecule has 1 unspecified atom stereocenters. The minimum absolute atomic E-state index is 0.162. The van der Waals surface area contributed by atoms with E-state index in [4.69, 9.17) is 10.8 Å². The molecule has 0 bridgehead atoms. The number of carboxylic acid groups (broad SMARTS) is 1. The normalized spacial score (nSPS) is 21.3. The van der Waals surface area contributed by atoms with Gasteiger partial charge in [0.2, 0.25) is 0 Å². The zero-order valence-electron chi connectivity index (χ0n) is 16.0. The van der Waals surface area contributed by atoms with Crippen LogP contribution in [0.3, 0.4) is 0 Å². The van der Waals surface area contributed by atoms with Crippen LogP contribution in [-0.4, -0.2) is 23.4 Å². The largest absolute Gasteiger partial charge is 0.481 e. The fourth-order valence-electron chi connectivity index (χ4n) is 3.94. The van der Waals surface area contributed by atoms with Crippen LogP contribution in [0, 0.1) is 11.8 Å². The second kappa shape index (κ2) is 10.5. The van der Waals surface area contributed by atoms with Crippen molar-refractivity contribution in [3.63, 3.8) is 0 Å². The Morgan fingerprint density at radius 3 is 2.31 bits per heavy atom. The Hall–Kier alpha value is -1.68. The van der Waals surface area contributed by atoms with E-state index in [1.165, 1.54) is 5.56 Å². The van der Waals surface area contributed by atoms with Gasteiger partial charge < -0.3 is 10.8 Å². The number of carbonyl (C=O) groups is 2. The molecule has 4 nitrogen and oxygen atoms in total. The predicted octanol–water partition coefficient (Wildman–Crippen LogP) is 4.77. The highest BCUT2D eigenvalue weighted by molar-refractivity contribution is 5.97. The van der Waals surface area contributed by atoms with E-state index in [-0.39, 0.29) is 18.1 Å². The van der Waals surface area contributed by atoms with Gasteiger partial charge >= 0.3 is 5.97 Å². The van der Waals surface area contributed by atoms with Crippen molar-refractivity contribution in [2.24, 2.45) is 17.6 Å². The number of hydrogen-bond acceptors (Lipinski definition) is 3. The van der Waals surface area contributed by atoms with Crippen LogP contribution in [0.2, 0.25) is 0 Å². The van der Waals surface area contributed by atoms with Crippen LogP contribution in [0.15, 0.2) is 24.3 Å². The number of aliphatic carboxylic acids is 1. The lowest BCUT2D eigenvalue weighted by molar-refractivity contribution is -0.137. The van der Waals surface area contributed by atoms with Crippen molar-refractivity contribution in [2.75, 3.05) is 6.54 Å². The smallest absolute Gasteiger partial charge is 0.303 e. The monoisotopic (exact) mass is 359 g/mol. The number of ketones is 1. The van der Waals surface area contributed by atoms with E-state index in [1.54, 1.807) is 0 Å². The van der Waals surface area contributed by atoms with Gasteiger partial charge in [-0.1, -0.05) is 44.0 Å². The number of benzene rings is 1.